The molecule has 6 heteroatoms. The number of hydrogen-bond acceptors (Lipinski definition) is 4. The Morgan fingerprint density at radius 3 is 2.12 bits per heavy atom. The van der Waals surface area contributed by atoms with Crippen LogP contribution in [0.5, 0.6) is 0 Å². The van der Waals surface area contributed by atoms with Gasteiger partial charge in [-0.05, 0) is 47.9 Å². The maximum atomic E-state index is 13.6. The molecule has 1 fully saturated rings. The molecule has 5 nitrogen and oxygen atoms in total. The van der Waals surface area contributed by atoms with Crippen LogP contribution in [0.3, 0.4) is 0 Å². The van der Waals surface area contributed by atoms with Gasteiger partial charge in [0, 0.05) is 31.9 Å². The second-order valence-corrected chi connectivity index (χ2v) is 8.73. The Bertz CT molecular complexity index is 1250. The quantitative estimate of drug-likeness (QED) is 0.540. The van der Waals surface area contributed by atoms with Gasteiger partial charge in [-0.1, -0.05) is 54.6 Å². The molecule has 0 aliphatic carbocycles. The van der Waals surface area contributed by atoms with Crippen LogP contribution in [0.2, 0.25) is 0 Å². The first kappa shape index (κ1) is 21.9. The molecule has 0 unspecified atom stereocenters. The second kappa shape index (κ2) is 9.14. The molecule has 2 aliphatic heterocycles. The van der Waals surface area contributed by atoms with Gasteiger partial charge in [-0.25, -0.2) is 4.39 Å². The van der Waals surface area contributed by atoms with E-state index in [0.29, 0.717) is 29.9 Å². The van der Waals surface area contributed by atoms with Crippen molar-refractivity contribution in [1.82, 2.24) is 9.80 Å². The summed E-state index contributed by atoms with van der Waals surface area (Å²) >= 11 is 0. The summed E-state index contributed by atoms with van der Waals surface area (Å²) in [5.74, 6) is -1.01. The fourth-order valence-corrected chi connectivity index (χ4v) is 4.66. The van der Waals surface area contributed by atoms with Gasteiger partial charge in [0.15, 0.2) is 0 Å². The number of rotatable bonds is 5. The van der Waals surface area contributed by atoms with Gasteiger partial charge in [0.05, 0.1) is 12.1 Å². The van der Waals surface area contributed by atoms with Crippen LogP contribution in [0.4, 0.5) is 10.1 Å². The van der Waals surface area contributed by atoms with Gasteiger partial charge in [0.1, 0.15) is 11.5 Å². The van der Waals surface area contributed by atoms with Crippen molar-refractivity contribution in [3.05, 3.63) is 107 Å². The van der Waals surface area contributed by atoms with Crippen LogP contribution in [0.15, 0.2) is 84.6 Å². The summed E-state index contributed by atoms with van der Waals surface area (Å²) < 4.78 is 13.6. The van der Waals surface area contributed by atoms with E-state index < -0.39 is 0 Å². The number of hydrogen-bond donors (Lipinski definition) is 0. The normalized spacial score (nSPS) is 16.6. The van der Waals surface area contributed by atoms with Crippen molar-refractivity contribution in [2.24, 2.45) is 0 Å². The summed E-state index contributed by atoms with van der Waals surface area (Å²) in [5, 5.41) is 0. The highest BCUT2D eigenvalue weighted by atomic mass is 19.1. The van der Waals surface area contributed by atoms with Crippen molar-refractivity contribution in [3.63, 3.8) is 0 Å². The number of benzene rings is 3. The number of anilines is 1. The molecule has 0 saturated carbocycles. The van der Waals surface area contributed by atoms with Crippen molar-refractivity contribution >= 4 is 23.1 Å². The third-order valence-electron chi connectivity index (χ3n) is 6.42. The van der Waals surface area contributed by atoms with E-state index in [4.69, 9.17) is 0 Å². The van der Waals surface area contributed by atoms with Crippen molar-refractivity contribution in [2.45, 2.75) is 13.5 Å². The molecule has 0 bridgehead atoms. The molecule has 2 heterocycles. The fraction of sp³-hybridized carbons (Fsp3) is 0.214. The van der Waals surface area contributed by atoms with Gasteiger partial charge < -0.3 is 9.80 Å². The first-order valence-corrected chi connectivity index (χ1v) is 11.5. The minimum absolute atomic E-state index is 0.204. The predicted molar refractivity (Wildman–Crippen MR) is 130 cm³/mol. The molecule has 1 saturated heterocycles. The average molecular weight is 456 g/mol. The topological polar surface area (TPSA) is 43.9 Å². The van der Waals surface area contributed by atoms with Crippen LogP contribution in [0.1, 0.15) is 16.7 Å². The lowest BCUT2D eigenvalue weighted by atomic mass is 10.0. The van der Waals surface area contributed by atoms with Crippen LogP contribution >= 0.6 is 0 Å². The predicted octanol–water partition coefficient (Wildman–Crippen LogP) is 4.24. The lowest BCUT2D eigenvalue weighted by molar-refractivity contribution is -0.138. The zero-order chi connectivity index (χ0) is 23.7. The maximum absolute atomic E-state index is 13.6. The lowest BCUT2D eigenvalue weighted by Crippen LogP contribution is -2.47. The van der Waals surface area contributed by atoms with E-state index in [1.807, 2.05) is 41.3 Å². The highest BCUT2D eigenvalue weighted by Gasteiger charge is 2.42. The van der Waals surface area contributed by atoms with Gasteiger partial charge in [-0.15, -0.1) is 0 Å². The van der Waals surface area contributed by atoms with E-state index in [2.05, 4.69) is 30.0 Å². The third kappa shape index (κ3) is 4.19. The standard InChI is InChI=1S/C28H26FN3O2/c1-20-6-5-9-24(18-20)30-14-16-31(17-15-30)26-25(22-10-12-23(29)13-11-22)27(33)32(28(26)34)19-21-7-3-2-4-8-21/h2-13,18H,14-17,19H2,1H3. The zero-order valence-corrected chi connectivity index (χ0v) is 19.1. The fourth-order valence-electron chi connectivity index (χ4n) is 4.66. The smallest absolute Gasteiger partial charge is 0.278 e. The molecule has 2 aliphatic rings. The van der Waals surface area contributed by atoms with Crippen LogP contribution < -0.4 is 4.90 Å². The summed E-state index contributed by atoms with van der Waals surface area (Å²) in [4.78, 5) is 32.7. The number of amides is 2. The minimum Gasteiger partial charge on any atom is -0.368 e. The van der Waals surface area contributed by atoms with E-state index in [0.717, 1.165) is 24.3 Å². The van der Waals surface area contributed by atoms with Crippen LogP contribution in [-0.4, -0.2) is 47.8 Å². The number of imide groups is 1. The number of carbonyl (C=O) groups excluding carboxylic acids is 2. The highest BCUT2D eigenvalue weighted by molar-refractivity contribution is 6.35. The van der Waals surface area contributed by atoms with Crippen LogP contribution in [-0.2, 0) is 16.1 Å². The second-order valence-electron chi connectivity index (χ2n) is 8.73. The molecule has 3 aromatic rings. The van der Waals surface area contributed by atoms with Crippen LogP contribution in [0, 0.1) is 12.7 Å². The molecular formula is C28H26FN3O2. The number of carbonyl (C=O) groups is 2. The van der Waals surface area contributed by atoms with Crippen molar-refractivity contribution in [1.29, 1.82) is 0 Å². The minimum atomic E-state index is -0.379. The Balaban J connectivity index is 1.45. The lowest BCUT2D eigenvalue weighted by Gasteiger charge is -2.37. The number of nitrogens with zero attached hydrogens (tertiary/aromatic N) is 3. The van der Waals surface area contributed by atoms with Crippen molar-refractivity contribution in [3.8, 4) is 0 Å². The van der Waals surface area contributed by atoms with Gasteiger partial charge in [-0.3, -0.25) is 14.5 Å². The Morgan fingerprint density at radius 1 is 0.765 bits per heavy atom. The van der Waals surface area contributed by atoms with E-state index >= 15 is 0 Å². The molecule has 0 atom stereocenters. The third-order valence-corrected chi connectivity index (χ3v) is 6.42. The largest absolute Gasteiger partial charge is 0.368 e. The van der Waals surface area contributed by atoms with E-state index in [1.54, 1.807) is 12.1 Å². The highest BCUT2D eigenvalue weighted by Crippen LogP contribution is 2.33. The number of halogens is 1. The van der Waals surface area contributed by atoms with E-state index in [9.17, 15) is 14.0 Å². The Labute approximate surface area is 198 Å². The Kier molecular flexibility index (Phi) is 5.88. The molecule has 0 aromatic heterocycles. The molecule has 34 heavy (non-hydrogen) atoms. The Morgan fingerprint density at radius 2 is 1.44 bits per heavy atom. The molecule has 2 amide bonds. The van der Waals surface area contributed by atoms with Crippen molar-refractivity contribution in [2.75, 3.05) is 31.1 Å². The first-order chi connectivity index (χ1) is 16.5. The average Bonchev–Trinajstić information content (AvgIpc) is 3.10. The monoisotopic (exact) mass is 455 g/mol. The summed E-state index contributed by atoms with van der Waals surface area (Å²) in [6.45, 7) is 4.99. The molecule has 5 rings (SSSR count). The van der Waals surface area contributed by atoms with E-state index in [1.165, 1.54) is 22.6 Å². The Hall–Kier alpha value is -3.93. The van der Waals surface area contributed by atoms with Gasteiger partial charge >= 0.3 is 0 Å². The van der Waals surface area contributed by atoms with Gasteiger partial charge in [0.2, 0.25) is 0 Å². The van der Waals surface area contributed by atoms with Gasteiger partial charge in [-0.2, -0.15) is 0 Å². The zero-order valence-electron chi connectivity index (χ0n) is 19.1. The molecular weight excluding hydrogens is 429 g/mol. The van der Waals surface area contributed by atoms with Crippen molar-refractivity contribution < 1.29 is 14.0 Å². The first-order valence-electron chi connectivity index (χ1n) is 11.5. The maximum Gasteiger partial charge on any atom is 0.278 e. The molecule has 0 N–H and O–H groups in total. The molecule has 0 radical (unpaired) electrons. The number of aryl methyl sites for hydroxylation is 1. The van der Waals surface area contributed by atoms with Crippen LogP contribution in [0.25, 0.3) is 5.57 Å². The summed E-state index contributed by atoms with van der Waals surface area (Å²) in [6, 6.07) is 23.7. The summed E-state index contributed by atoms with van der Waals surface area (Å²) in [6.07, 6.45) is 0. The van der Waals surface area contributed by atoms with E-state index in [-0.39, 0.29) is 24.2 Å². The molecule has 3 aromatic carbocycles. The summed E-state index contributed by atoms with van der Waals surface area (Å²) in [7, 11) is 0. The SMILES string of the molecule is Cc1cccc(N2CCN(C3=C(c4ccc(F)cc4)C(=O)N(Cc4ccccc4)C3=O)CC2)c1. The van der Waals surface area contributed by atoms with Gasteiger partial charge in [0.25, 0.3) is 11.8 Å². The summed E-state index contributed by atoms with van der Waals surface area (Å²) in [5.41, 5.74) is 4.57. The molecule has 172 valence electrons. The molecule has 0 spiro atoms. The number of piperazine rings is 1.